The van der Waals surface area contributed by atoms with E-state index in [1.165, 1.54) is 76.2 Å². The number of alkyl halides is 3. The molecule has 8 heteroatoms. The highest BCUT2D eigenvalue weighted by Gasteiger charge is 2.66. The summed E-state index contributed by atoms with van der Waals surface area (Å²) in [6.45, 7) is 21.8. The fraction of sp³-hybridized carbons (Fsp3) is 0.778. The van der Waals surface area contributed by atoms with Gasteiger partial charge in [0.15, 0.2) is 5.78 Å². The molecule has 5 nitrogen and oxygen atoms in total. The summed E-state index contributed by atoms with van der Waals surface area (Å²) in [6, 6.07) is 20.8. The molecule has 2 aromatic rings. The van der Waals surface area contributed by atoms with Crippen LogP contribution in [-0.2, 0) is 16.0 Å². The number of likely N-dealkylation sites (N-methyl/N-ethyl adjacent to an activating group) is 1. The van der Waals surface area contributed by atoms with Crippen LogP contribution in [0.4, 0.5) is 5.69 Å². The number of nitrogens with zero attached hydrogens (tertiary/aromatic N) is 1. The summed E-state index contributed by atoms with van der Waals surface area (Å²) in [7, 11) is 2.06. The van der Waals surface area contributed by atoms with Crippen LogP contribution in [0.15, 0.2) is 60.7 Å². The molecule has 8 aliphatic carbocycles. The number of carbonyl (C=O) groups is 2. The van der Waals surface area contributed by atoms with E-state index in [4.69, 9.17) is 0 Å². The van der Waals surface area contributed by atoms with Crippen molar-refractivity contribution in [3.8, 4) is 0 Å². The monoisotopic (exact) mass is 1270 g/mol. The second kappa shape index (κ2) is 23.6. The minimum atomic E-state index is -0.500. The Labute approximate surface area is 469 Å². The highest BCUT2D eigenvalue weighted by atomic mass is 127. The molecule has 0 radical (unpaired) electrons. The normalized spacial score (nSPS) is 43.6. The summed E-state index contributed by atoms with van der Waals surface area (Å²) in [5, 5.41) is 22.2. The zero-order chi connectivity index (χ0) is 52.4. The molecule has 0 heterocycles. The number of ketones is 2. The number of aliphatic hydroxyl groups is 2. The van der Waals surface area contributed by atoms with Crippen molar-refractivity contribution in [3.05, 3.63) is 66.2 Å². The van der Waals surface area contributed by atoms with E-state index in [0.717, 1.165) is 86.6 Å². The van der Waals surface area contributed by atoms with Gasteiger partial charge in [0, 0.05) is 24.6 Å². The van der Waals surface area contributed by atoms with Crippen LogP contribution in [0.3, 0.4) is 0 Å². The van der Waals surface area contributed by atoms with Gasteiger partial charge in [-0.15, -0.1) is 0 Å². The highest BCUT2D eigenvalue weighted by molar-refractivity contribution is 14.1. The Morgan fingerprint density at radius 2 is 0.958 bits per heavy atom. The molecule has 0 spiro atoms. The number of rotatable bonds is 7. The van der Waals surface area contributed by atoms with Gasteiger partial charge >= 0.3 is 0 Å². The second-order valence-corrected chi connectivity index (χ2v) is 27.1. The number of benzene rings is 2. The minimum absolute atomic E-state index is 0.167. The molecule has 2 aromatic carbocycles. The minimum Gasteiger partial charge on any atom is -0.390 e. The zero-order valence-corrected chi connectivity index (χ0v) is 52.4. The molecule has 8 aliphatic rings. The highest BCUT2D eigenvalue weighted by Crippen LogP contribution is 2.73. The predicted molar refractivity (Wildman–Crippen MR) is 320 cm³/mol. The van der Waals surface area contributed by atoms with Gasteiger partial charge in [-0.25, -0.2) is 0 Å². The Hall–Kier alpha value is -0.560. The number of halogens is 3. The molecule has 0 unspecified atom stereocenters. The maximum atomic E-state index is 13.6. The van der Waals surface area contributed by atoms with Crippen LogP contribution >= 0.6 is 61.1 Å². The lowest BCUT2D eigenvalue weighted by molar-refractivity contribution is -0.189. The first-order valence-corrected chi connectivity index (χ1v) is 33.5. The number of hydrogen-bond acceptors (Lipinski definition) is 5. The van der Waals surface area contributed by atoms with Crippen LogP contribution in [0.25, 0.3) is 0 Å². The van der Waals surface area contributed by atoms with Gasteiger partial charge in [-0.1, -0.05) is 158 Å². The van der Waals surface area contributed by atoms with E-state index in [2.05, 4.69) is 172 Å². The van der Waals surface area contributed by atoms with Crippen molar-refractivity contribution >= 4 is 78.4 Å². The van der Waals surface area contributed by atoms with Gasteiger partial charge in [-0.05, 0) is 231 Å². The molecule has 0 aromatic heterocycles. The third-order valence-corrected chi connectivity index (χ3v) is 23.5. The van der Waals surface area contributed by atoms with E-state index in [1.54, 1.807) is 0 Å². The topological polar surface area (TPSA) is 77.8 Å². The summed E-state index contributed by atoms with van der Waals surface area (Å²) >= 11 is 7.73. The molecule has 0 saturated heterocycles. The van der Waals surface area contributed by atoms with E-state index in [0.29, 0.717) is 40.2 Å². The second-order valence-electron chi connectivity index (χ2n) is 26.6. The van der Waals surface area contributed by atoms with Crippen molar-refractivity contribution in [2.45, 2.75) is 196 Å². The van der Waals surface area contributed by atoms with Crippen molar-refractivity contribution in [1.82, 2.24) is 0 Å². The van der Waals surface area contributed by atoms with Gasteiger partial charge in [0.1, 0.15) is 5.78 Å². The average molecular weight is 1270 g/mol. The van der Waals surface area contributed by atoms with Crippen LogP contribution in [-0.4, -0.2) is 61.8 Å². The van der Waals surface area contributed by atoms with Crippen molar-refractivity contribution < 1.29 is 19.8 Å². The maximum Gasteiger partial charge on any atom is 0.155 e. The summed E-state index contributed by atoms with van der Waals surface area (Å²) in [5.41, 5.74) is 3.16. The predicted octanol–water partition coefficient (Wildman–Crippen LogP) is 16.6. The number of carbonyl (C=O) groups excluding carboxylic acids is 2. The summed E-state index contributed by atoms with van der Waals surface area (Å²) in [5.74, 6) is 5.90. The largest absolute Gasteiger partial charge is 0.390 e. The zero-order valence-electron chi connectivity index (χ0n) is 46.5. The molecular weight excluding hydrogens is 1170 g/mol. The van der Waals surface area contributed by atoms with Gasteiger partial charge in [0.25, 0.3) is 0 Å². The lowest BCUT2D eigenvalue weighted by atomic mass is 9.39. The molecule has 0 aliphatic heterocycles. The first-order chi connectivity index (χ1) is 33.5. The Balaban J connectivity index is 0.000000193. The molecule has 8 saturated carbocycles. The van der Waals surface area contributed by atoms with E-state index in [1.807, 2.05) is 34.1 Å². The standard InChI is InChI=1S/C30H45NO2.C23H37BrO2.C8H10.2CH3I/c1-27-15-13-22-23-11-12-25(26(32)19-31(5)21-9-7-6-8-10-21)29(23,3)16-14-24(22)30(27,4)18-17-28(2,33)20-27;1-20-9-7-15-16-5-6-18(19(25)13-24)22(16,3)10-8-17(15)23(20,4)12-11-21(2,26)14-20;1-2-8-6-4-3-5-7-8;2*1-2/h6-10,22-25,33H,11-20H2,1-5H3;15-18,26H,5-14H2,1-4H3;3-7H,2H2,1H3;2*1H3/t22-,23-,24-,25+,27+,28+,29-,30+;15-,16-,17-,18+,20+,21+,22-,23+;;;/m00.../s1. The fourth-order valence-electron chi connectivity index (χ4n) is 18.9. The van der Waals surface area contributed by atoms with Crippen LogP contribution < -0.4 is 4.90 Å². The summed E-state index contributed by atoms with van der Waals surface area (Å²) < 4.78 is 0. The smallest absolute Gasteiger partial charge is 0.155 e. The third kappa shape index (κ3) is 11.5. The first-order valence-electron chi connectivity index (χ1n) is 28.1. The quantitative estimate of drug-likeness (QED) is 0.213. The van der Waals surface area contributed by atoms with Gasteiger partial charge in [0.05, 0.1) is 23.1 Å². The van der Waals surface area contributed by atoms with Crippen LogP contribution in [0.1, 0.15) is 183 Å². The van der Waals surface area contributed by atoms with E-state index < -0.39 is 11.2 Å². The van der Waals surface area contributed by atoms with Gasteiger partial charge in [-0.3, -0.25) is 9.59 Å². The van der Waals surface area contributed by atoms with Crippen molar-refractivity contribution in [2.75, 3.05) is 33.7 Å². The van der Waals surface area contributed by atoms with Crippen molar-refractivity contribution in [3.63, 3.8) is 0 Å². The number of para-hydroxylation sites is 1. The van der Waals surface area contributed by atoms with Crippen molar-refractivity contribution in [2.24, 2.45) is 79.8 Å². The third-order valence-electron chi connectivity index (χ3n) is 23.0. The Kier molecular flexibility index (Phi) is 19.8. The molecule has 10 rings (SSSR count). The fourth-order valence-corrected chi connectivity index (χ4v) is 19.2. The SMILES string of the molecule is CCc1ccccc1.CI.CI.CN(CC(=O)[C@H]1CC[C@H]2[C@@H]3CC[C@]4(C)C[C@](C)(O)CC[C@]4(C)[C@H]3CC[C@]12C)c1ccccc1.C[C@@]1(O)CC[C@]2(C)[C@H]3CC[C@]4(C)[C@@H](C(=O)CBr)CC[C@H]4[C@@H]3CC[C@]2(C)C1. The lowest BCUT2D eigenvalue weighted by Crippen LogP contribution is -2.60. The molecule has 0 bridgehead atoms. The maximum absolute atomic E-state index is 13.6. The molecule has 16 atom stereocenters. The van der Waals surface area contributed by atoms with Crippen LogP contribution in [0, 0.1) is 79.8 Å². The van der Waals surface area contributed by atoms with Crippen molar-refractivity contribution in [1.29, 1.82) is 0 Å². The Bertz CT molecular complexity index is 2070. The van der Waals surface area contributed by atoms with Gasteiger partial charge < -0.3 is 15.1 Å². The van der Waals surface area contributed by atoms with Crippen LogP contribution in [0.2, 0.25) is 0 Å². The Morgan fingerprint density at radius 3 is 1.35 bits per heavy atom. The van der Waals surface area contributed by atoms with E-state index >= 15 is 0 Å². The molecule has 400 valence electrons. The number of Topliss-reactive ketones (excluding diaryl/α,β-unsaturated/α-hetero) is 2. The van der Waals surface area contributed by atoms with Crippen LogP contribution in [0.5, 0.6) is 0 Å². The van der Waals surface area contributed by atoms with Gasteiger partial charge in [0.2, 0.25) is 0 Å². The first kappa shape index (κ1) is 59.7. The number of hydrogen-bond donors (Lipinski definition) is 2. The average Bonchev–Trinajstić information content (AvgIpc) is 3.91. The summed E-state index contributed by atoms with van der Waals surface area (Å²) in [4.78, 5) is 32.2. The number of anilines is 1. The Morgan fingerprint density at radius 1 is 0.549 bits per heavy atom. The number of fused-ring (bicyclic) bond motifs is 10. The molecule has 8 fully saturated rings. The van der Waals surface area contributed by atoms with E-state index in [-0.39, 0.29) is 33.5 Å². The molecule has 71 heavy (non-hydrogen) atoms. The molecule has 0 amide bonds. The van der Waals surface area contributed by atoms with Gasteiger partial charge in [-0.2, -0.15) is 0 Å². The van der Waals surface area contributed by atoms with E-state index in [9.17, 15) is 19.8 Å². The number of aryl methyl sites for hydroxylation is 1. The summed E-state index contributed by atoms with van der Waals surface area (Å²) in [6.07, 6.45) is 22.0. The lowest BCUT2D eigenvalue weighted by Gasteiger charge is -2.66. The molecular formula is C63H98BrI2NO4. The molecule has 2 N–H and O–H groups in total.